The number of imidazole rings is 2. The van der Waals surface area contributed by atoms with Gasteiger partial charge in [-0.2, -0.15) is 0 Å². The predicted octanol–water partition coefficient (Wildman–Crippen LogP) is 8.40. The molecule has 2 aromatic carbocycles. The number of thiophene rings is 1. The van der Waals surface area contributed by atoms with Crippen LogP contribution in [0.4, 0.5) is 14.0 Å². The molecule has 19 heteroatoms. The van der Waals surface area contributed by atoms with E-state index in [1.54, 1.807) is 28.6 Å². The van der Waals surface area contributed by atoms with Gasteiger partial charge in [0.15, 0.2) is 0 Å². The van der Waals surface area contributed by atoms with Gasteiger partial charge in [-0.1, -0.05) is 19.9 Å². The Hall–Kier alpha value is -6.73. The molecule has 5 atom stereocenters. The second-order valence-corrected chi connectivity index (χ2v) is 19.9. The van der Waals surface area contributed by atoms with Crippen molar-refractivity contribution in [2.75, 3.05) is 40.5 Å². The van der Waals surface area contributed by atoms with Crippen molar-refractivity contribution in [2.24, 2.45) is 11.8 Å². The van der Waals surface area contributed by atoms with Gasteiger partial charge in [-0.05, 0) is 99.7 Å². The first kappa shape index (κ1) is 46.0. The molecule has 4 aromatic heterocycles. The van der Waals surface area contributed by atoms with Crippen LogP contribution in [0.15, 0.2) is 60.9 Å². The number of halogens is 1. The Morgan fingerprint density at radius 2 is 1.46 bits per heavy atom. The lowest BCUT2D eigenvalue weighted by Gasteiger charge is -2.34. The van der Waals surface area contributed by atoms with Crippen LogP contribution in [-0.2, 0) is 23.8 Å². The lowest BCUT2D eigenvalue weighted by molar-refractivity contribution is -0.137. The largest absolute Gasteiger partial charge is 0.464 e. The Morgan fingerprint density at radius 1 is 0.812 bits per heavy atom. The molecule has 69 heavy (non-hydrogen) atoms. The van der Waals surface area contributed by atoms with Gasteiger partial charge in [0.2, 0.25) is 18.0 Å². The highest BCUT2D eigenvalue weighted by molar-refractivity contribution is 7.12. The van der Waals surface area contributed by atoms with Crippen molar-refractivity contribution in [3.05, 3.63) is 88.1 Å². The first-order valence-corrected chi connectivity index (χ1v) is 24.4. The van der Waals surface area contributed by atoms with Crippen molar-refractivity contribution in [2.45, 2.75) is 89.7 Å². The van der Waals surface area contributed by atoms with Gasteiger partial charge in [0, 0.05) is 47.7 Å². The maximum absolute atomic E-state index is 16.9. The second kappa shape index (κ2) is 19.0. The van der Waals surface area contributed by atoms with E-state index >= 15 is 4.39 Å². The first-order chi connectivity index (χ1) is 33.4. The molecule has 0 bridgehead atoms. The number of amides is 4. The summed E-state index contributed by atoms with van der Waals surface area (Å²) in [6.45, 7) is 7.89. The molecule has 3 saturated heterocycles. The molecule has 0 spiro atoms. The highest BCUT2D eigenvalue weighted by Crippen LogP contribution is 2.48. The third kappa shape index (κ3) is 8.70. The fraction of sp³-hybridized carbons (Fsp3) is 0.440. The summed E-state index contributed by atoms with van der Waals surface area (Å²) in [4.78, 5) is 74.5. The maximum Gasteiger partial charge on any atom is 0.407 e. The van der Waals surface area contributed by atoms with E-state index in [0.29, 0.717) is 85.5 Å². The molecular formula is C50H56FN9O8S. The second-order valence-electron chi connectivity index (χ2n) is 18.6. The average Bonchev–Trinajstić information content (AvgIpc) is 4.22. The lowest BCUT2D eigenvalue weighted by Crippen LogP contribution is -2.53. The molecule has 0 radical (unpaired) electrons. The SMILES string of the molecule is COC(=O)NC(C(=O)N1CCCC1c1ncc(-c2cc(F)c3c(c2)OC(c2ccc(C)s2)n2c-3cc3cc(-c4cnc(C5CCCN5C(=O)C(NC(=O)OC)C5CCOCC5)[nH]4)ccc32)[nH]1)C(C)C. The van der Waals surface area contributed by atoms with Gasteiger partial charge in [-0.25, -0.2) is 23.9 Å². The number of fused-ring (bicyclic) bond motifs is 5. The number of methoxy groups -OCH3 is 2. The highest BCUT2D eigenvalue weighted by atomic mass is 32.1. The Balaban J connectivity index is 0.941. The summed E-state index contributed by atoms with van der Waals surface area (Å²) in [6, 6.07) is 13.3. The molecule has 17 nitrogen and oxygen atoms in total. The van der Waals surface area contributed by atoms with E-state index in [-0.39, 0.29) is 35.7 Å². The zero-order valence-electron chi connectivity index (χ0n) is 39.2. The van der Waals surface area contributed by atoms with Crippen molar-refractivity contribution in [1.29, 1.82) is 0 Å². The minimum atomic E-state index is -0.771. The molecule has 10 rings (SSSR count). The number of hydrogen-bond acceptors (Lipinski definition) is 11. The Labute approximate surface area is 402 Å². The van der Waals surface area contributed by atoms with Crippen molar-refractivity contribution < 1.29 is 42.5 Å². The maximum atomic E-state index is 16.9. The lowest BCUT2D eigenvalue weighted by atomic mass is 9.90. The summed E-state index contributed by atoms with van der Waals surface area (Å²) in [7, 11) is 2.56. The number of carbonyl (C=O) groups excluding carboxylic acids is 4. The summed E-state index contributed by atoms with van der Waals surface area (Å²) in [5.41, 5.74) is 4.61. The van der Waals surface area contributed by atoms with Gasteiger partial charge in [-0.3, -0.25) is 14.2 Å². The van der Waals surface area contributed by atoms with Crippen LogP contribution in [-0.4, -0.2) is 111 Å². The van der Waals surface area contributed by atoms with E-state index in [4.69, 9.17) is 28.9 Å². The molecule has 6 aromatic rings. The number of aromatic nitrogens is 5. The quantitative estimate of drug-likeness (QED) is 0.0979. The van der Waals surface area contributed by atoms with E-state index in [1.807, 2.05) is 66.6 Å². The van der Waals surface area contributed by atoms with Crippen LogP contribution in [0.1, 0.15) is 92.1 Å². The number of carbonyl (C=O) groups is 4. The van der Waals surface area contributed by atoms with Crippen molar-refractivity contribution in [3.8, 4) is 39.5 Å². The molecule has 362 valence electrons. The van der Waals surface area contributed by atoms with Gasteiger partial charge in [0.05, 0.1) is 71.7 Å². The molecule has 4 N–H and O–H groups in total. The Bertz CT molecular complexity index is 2920. The summed E-state index contributed by atoms with van der Waals surface area (Å²) in [6.07, 6.45) is 5.80. The van der Waals surface area contributed by atoms with E-state index < -0.39 is 36.3 Å². The minimum absolute atomic E-state index is 0.0730. The van der Waals surface area contributed by atoms with E-state index in [0.717, 1.165) is 51.2 Å². The predicted molar refractivity (Wildman–Crippen MR) is 255 cm³/mol. The third-order valence-corrected chi connectivity index (χ3v) is 15.0. The zero-order chi connectivity index (χ0) is 48.1. The van der Waals surface area contributed by atoms with Crippen LogP contribution in [0, 0.1) is 24.6 Å². The third-order valence-electron chi connectivity index (χ3n) is 14.0. The Kier molecular flexibility index (Phi) is 12.7. The molecule has 4 aliphatic heterocycles. The molecule has 8 heterocycles. The van der Waals surface area contributed by atoms with E-state index in [2.05, 4.69) is 26.7 Å². The number of likely N-dealkylation sites (tertiary alicyclic amines) is 2. The van der Waals surface area contributed by atoms with Crippen LogP contribution in [0.5, 0.6) is 5.75 Å². The number of nitrogens with one attached hydrogen (secondary N) is 4. The molecule has 0 saturated carbocycles. The number of aromatic amines is 2. The van der Waals surface area contributed by atoms with Crippen LogP contribution in [0.2, 0.25) is 0 Å². The summed E-state index contributed by atoms with van der Waals surface area (Å²) in [5.74, 6) is 0.530. The molecular weight excluding hydrogens is 906 g/mol. The Morgan fingerprint density at radius 3 is 2.10 bits per heavy atom. The minimum Gasteiger partial charge on any atom is -0.464 e. The van der Waals surface area contributed by atoms with E-state index in [1.165, 1.54) is 20.3 Å². The van der Waals surface area contributed by atoms with Gasteiger partial charge in [0.25, 0.3) is 0 Å². The van der Waals surface area contributed by atoms with Crippen LogP contribution in [0.25, 0.3) is 44.7 Å². The molecule has 4 aliphatic rings. The molecule has 3 fully saturated rings. The highest BCUT2D eigenvalue weighted by Gasteiger charge is 2.41. The zero-order valence-corrected chi connectivity index (χ0v) is 40.0. The molecule has 4 amide bonds. The fourth-order valence-electron chi connectivity index (χ4n) is 10.5. The summed E-state index contributed by atoms with van der Waals surface area (Å²) in [5, 5.41) is 6.37. The number of alkyl carbamates (subject to hydrolysis) is 2. The van der Waals surface area contributed by atoms with Gasteiger partial charge >= 0.3 is 12.2 Å². The molecule has 5 unspecified atom stereocenters. The van der Waals surface area contributed by atoms with E-state index in [9.17, 15) is 19.2 Å². The number of rotatable bonds is 11. The van der Waals surface area contributed by atoms with Gasteiger partial charge in [-0.15, -0.1) is 11.3 Å². The van der Waals surface area contributed by atoms with Gasteiger partial charge in [0.1, 0.15) is 35.3 Å². The van der Waals surface area contributed by atoms with Gasteiger partial charge < -0.3 is 49.3 Å². The van der Waals surface area contributed by atoms with Crippen molar-refractivity contribution in [1.82, 2.24) is 44.9 Å². The monoisotopic (exact) mass is 961 g/mol. The number of nitrogens with zero attached hydrogens (tertiary/aromatic N) is 5. The summed E-state index contributed by atoms with van der Waals surface area (Å²) < 4.78 is 41.0. The number of hydrogen-bond donors (Lipinski definition) is 4. The van der Waals surface area contributed by atoms with Crippen LogP contribution >= 0.6 is 11.3 Å². The topological polar surface area (TPSA) is 198 Å². The van der Waals surface area contributed by atoms with Crippen LogP contribution in [0.3, 0.4) is 0 Å². The smallest absolute Gasteiger partial charge is 0.407 e. The normalized spacial score (nSPS) is 20.1. The van der Waals surface area contributed by atoms with Crippen molar-refractivity contribution >= 4 is 46.2 Å². The number of H-pyrrole nitrogens is 2. The fourth-order valence-corrected chi connectivity index (χ4v) is 11.4. The molecule has 0 aliphatic carbocycles. The van der Waals surface area contributed by atoms with Crippen molar-refractivity contribution in [3.63, 3.8) is 0 Å². The average molecular weight is 962 g/mol. The number of benzene rings is 2. The van der Waals surface area contributed by atoms with Crippen LogP contribution < -0.4 is 15.4 Å². The summed E-state index contributed by atoms with van der Waals surface area (Å²) >= 11 is 1.62. The number of ether oxygens (including phenoxy) is 4. The first-order valence-electron chi connectivity index (χ1n) is 23.6. The number of aryl methyl sites for hydroxylation is 1. The standard InChI is InChI=1S/C50H56FN9O8S/c1-26(2)42(56-49(63)65-4)46(61)58-16-6-8-36(58)45-53-25-34(55-45)30-21-32(51)41-38-22-31-20-29(11-12-35(31)60(38)48(68-39(41)23-30)40-13-10-27(3)69-40)33-24-52-44(54-33)37-9-7-17-59(37)47(62)43(57-50(64)66-5)28-14-18-67-19-15-28/h10-13,20-26,28,36-37,42-43,48H,6-9,14-19H2,1-5H3,(H,52,54)(H,53,55)(H,56,63)(H,57,64).